The number of likely N-dealkylation sites (N-methyl/N-ethyl adjacent to an activating group) is 1. The van der Waals surface area contributed by atoms with Crippen LogP contribution in [-0.2, 0) is 4.79 Å². The molecule has 0 atom stereocenters. The Morgan fingerprint density at radius 2 is 1.68 bits per heavy atom. The Morgan fingerprint density at radius 3 is 2.29 bits per heavy atom. The molecular formula is C22H22N4O4S. The molecular weight excluding hydrogens is 416 g/mol. The maximum absolute atomic E-state index is 12.9. The van der Waals surface area contributed by atoms with Gasteiger partial charge in [-0.2, -0.15) is 5.10 Å². The standard InChI is InChI=1S/C22H22N4O4S/c1-23-22-26(24-19-14-8-6-7-9-15(14)25(2)21(19)27)16(12-31-22)13-10-17(28-3)20(30-5)18(11-13)29-4/h6-12H,1-5H3. The number of para-hydroxylation sites is 1. The number of carbonyl (C=O) groups is 1. The van der Waals surface area contributed by atoms with Crippen LogP contribution in [0, 0.1) is 0 Å². The highest BCUT2D eigenvalue weighted by molar-refractivity contribution is 7.07. The first-order valence-electron chi connectivity index (χ1n) is 9.44. The van der Waals surface area contributed by atoms with Crippen molar-refractivity contribution in [3.63, 3.8) is 0 Å². The maximum Gasteiger partial charge on any atom is 0.279 e. The number of amides is 1. The van der Waals surface area contributed by atoms with E-state index in [4.69, 9.17) is 19.3 Å². The summed E-state index contributed by atoms with van der Waals surface area (Å²) in [7, 11) is 8.13. The molecule has 1 amide bonds. The zero-order chi connectivity index (χ0) is 22.1. The van der Waals surface area contributed by atoms with Gasteiger partial charge in [-0.3, -0.25) is 9.79 Å². The average Bonchev–Trinajstić information content (AvgIpc) is 3.32. The monoisotopic (exact) mass is 438 g/mol. The fourth-order valence-electron chi connectivity index (χ4n) is 3.52. The highest BCUT2D eigenvalue weighted by Crippen LogP contribution is 2.41. The van der Waals surface area contributed by atoms with Crippen LogP contribution in [0.3, 0.4) is 0 Å². The number of methoxy groups -OCH3 is 3. The summed E-state index contributed by atoms with van der Waals surface area (Å²) in [5.41, 5.74) is 3.51. The van der Waals surface area contributed by atoms with E-state index in [0.29, 0.717) is 27.8 Å². The Balaban J connectivity index is 1.94. The highest BCUT2D eigenvalue weighted by Gasteiger charge is 2.31. The molecule has 9 heteroatoms. The number of carbonyl (C=O) groups excluding carboxylic acids is 1. The van der Waals surface area contributed by atoms with Crippen molar-refractivity contribution in [1.82, 2.24) is 4.68 Å². The molecule has 0 saturated carbocycles. The van der Waals surface area contributed by atoms with Gasteiger partial charge in [0.2, 0.25) is 10.6 Å². The number of anilines is 1. The normalized spacial score (nSPS) is 14.9. The number of fused-ring (bicyclic) bond motifs is 1. The first-order chi connectivity index (χ1) is 15.0. The predicted octanol–water partition coefficient (Wildman–Crippen LogP) is 3.00. The van der Waals surface area contributed by atoms with Crippen LogP contribution >= 0.6 is 11.3 Å². The Kier molecular flexibility index (Phi) is 5.51. The molecule has 31 heavy (non-hydrogen) atoms. The second kappa shape index (κ2) is 8.27. The minimum Gasteiger partial charge on any atom is -0.493 e. The van der Waals surface area contributed by atoms with Crippen LogP contribution in [0.5, 0.6) is 17.2 Å². The molecule has 0 unspecified atom stereocenters. The zero-order valence-corrected chi connectivity index (χ0v) is 18.7. The van der Waals surface area contributed by atoms with Gasteiger partial charge in [-0.15, -0.1) is 11.3 Å². The summed E-state index contributed by atoms with van der Waals surface area (Å²) < 4.78 is 18.1. The topological polar surface area (TPSA) is 77.6 Å². The van der Waals surface area contributed by atoms with E-state index in [9.17, 15) is 4.79 Å². The summed E-state index contributed by atoms with van der Waals surface area (Å²) in [6, 6.07) is 11.3. The van der Waals surface area contributed by atoms with Crippen molar-refractivity contribution in [3.05, 3.63) is 52.1 Å². The molecule has 0 aliphatic carbocycles. The molecule has 0 saturated heterocycles. The molecule has 1 aliphatic rings. The van der Waals surface area contributed by atoms with E-state index in [-0.39, 0.29) is 5.91 Å². The molecule has 4 rings (SSSR count). The van der Waals surface area contributed by atoms with E-state index >= 15 is 0 Å². The number of hydrogen-bond acceptors (Lipinski definition) is 7. The number of aromatic nitrogens is 1. The van der Waals surface area contributed by atoms with Gasteiger partial charge in [0.05, 0.1) is 32.7 Å². The zero-order valence-electron chi connectivity index (χ0n) is 17.9. The summed E-state index contributed by atoms with van der Waals surface area (Å²) >= 11 is 1.43. The van der Waals surface area contributed by atoms with Crippen LogP contribution < -0.4 is 23.9 Å². The molecule has 1 aliphatic heterocycles. The lowest BCUT2D eigenvalue weighted by atomic mass is 10.1. The second-order valence-corrected chi connectivity index (χ2v) is 7.52. The van der Waals surface area contributed by atoms with Gasteiger partial charge in [-0.25, -0.2) is 4.68 Å². The summed E-state index contributed by atoms with van der Waals surface area (Å²) in [5, 5.41) is 6.67. The molecule has 3 aromatic rings. The molecule has 2 aromatic carbocycles. The number of ether oxygens (including phenoxy) is 3. The largest absolute Gasteiger partial charge is 0.493 e. The van der Waals surface area contributed by atoms with Crippen LogP contribution in [0.25, 0.3) is 11.3 Å². The smallest absolute Gasteiger partial charge is 0.279 e. The van der Waals surface area contributed by atoms with Crippen LogP contribution in [-0.4, -0.2) is 51.7 Å². The van der Waals surface area contributed by atoms with Gasteiger partial charge in [0.25, 0.3) is 5.91 Å². The van der Waals surface area contributed by atoms with Crippen molar-refractivity contribution in [2.45, 2.75) is 0 Å². The van der Waals surface area contributed by atoms with Gasteiger partial charge in [0, 0.05) is 30.6 Å². The SMILES string of the molecule is CN=c1scc(-c2cc(OC)c(OC)c(OC)c2)n1N=C1C(=O)N(C)c2ccccc21. The third-order valence-electron chi connectivity index (χ3n) is 5.06. The van der Waals surface area contributed by atoms with Gasteiger partial charge in [-0.05, 0) is 18.2 Å². The van der Waals surface area contributed by atoms with E-state index in [1.807, 2.05) is 41.8 Å². The van der Waals surface area contributed by atoms with Crippen LogP contribution in [0.2, 0.25) is 0 Å². The lowest BCUT2D eigenvalue weighted by Crippen LogP contribution is -2.27. The van der Waals surface area contributed by atoms with E-state index < -0.39 is 0 Å². The Hall–Kier alpha value is -3.59. The molecule has 1 aromatic heterocycles. The first kappa shape index (κ1) is 20.7. The molecule has 2 heterocycles. The molecule has 0 fully saturated rings. The number of benzene rings is 2. The van der Waals surface area contributed by atoms with Crippen molar-refractivity contribution in [3.8, 4) is 28.5 Å². The Labute approximate surface area is 183 Å². The van der Waals surface area contributed by atoms with Gasteiger partial charge in [0.15, 0.2) is 17.2 Å². The average molecular weight is 439 g/mol. The molecule has 0 bridgehead atoms. The molecule has 0 radical (unpaired) electrons. The minimum atomic E-state index is -0.169. The van der Waals surface area contributed by atoms with Gasteiger partial charge >= 0.3 is 0 Å². The second-order valence-electron chi connectivity index (χ2n) is 6.68. The summed E-state index contributed by atoms with van der Waals surface area (Å²) in [4.78, 5) is 19.5. The first-order valence-corrected chi connectivity index (χ1v) is 10.3. The molecule has 0 spiro atoms. The quantitative estimate of drug-likeness (QED) is 0.614. The van der Waals surface area contributed by atoms with Crippen LogP contribution in [0.1, 0.15) is 5.56 Å². The summed E-state index contributed by atoms with van der Waals surface area (Å²) in [5.74, 6) is 1.39. The minimum absolute atomic E-state index is 0.169. The number of thiazole rings is 1. The van der Waals surface area contributed by atoms with Crippen molar-refractivity contribution >= 4 is 28.6 Å². The summed E-state index contributed by atoms with van der Waals surface area (Å²) in [6.45, 7) is 0. The van der Waals surface area contributed by atoms with Crippen molar-refractivity contribution in [2.75, 3.05) is 40.3 Å². The van der Waals surface area contributed by atoms with E-state index in [1.165, 1.54) is 11.3 Å². The number of rotatable bonds is 5. The van der Waals surface area contributed by atoms with Gasteiger partial charge in [0.1, 0.15) is 0 Å². The molecule has 8 nitrogen and oxygen atoms in total. The van der Waals surface area contributed by atoms with Gasteiger partial charge < -0.3 is 19.1 Å². The number of hydrogen-bond donors (Lipinski definition) is 0. The van der Waals surface area contributed by atoms with Crippen molar-refractivity contribution < 1.29 is 19.0 Å². The third-order valence-corrected chi connectivity index (χ3v) is 5.97. The lowest BCUT2D eigenvalue weighted by Gasteiger charge is -2.14. The maximum atomic E-state index is 12.9. The summed E-state index contributed by atoms with van der Waals surface area (Å²) in [6.07, 6.45) is 0. The van der Waals surface area contributed by atoms with Crippen molar-refractivity contribution in [1.29, 1.82) is 0 Å². The van der Waals surface area contributed by atoms with Crippen molar-refractivity contribution in [2.24, 2.45) is 10.1 Å². The Bertz CT molecular complexity index is 1230. The van der Waals surface area contributed by atoms with Crippen LogP contribution in [0.15, 0.2) is 51.9 Å². The lowest BCUT2D eigenvalue weighted by molar-refractivity contribution is -0.112. The molecule has 160 valence electrons. The van der Waals surface area contributed by atoms with E-state index in [2.05, 4.69) is 4.99 Å². The number of nitrogens with zero attached hydrogens (tertiary/aromatic N) is 4. The fourth-order valence-corrected chi connectivity index (χ4v) is 4.32. The van der Waals surface area contributed by atoms with E-state index in [0.717, 1.165) is 22.5 Å². The van der Waals surface area contributed by atoms with Crippen LogP contribution in [0.4, 0.5) is 5.69 Å². The fraction of sp³-hybridized carbons (Fsp3) is 0.227. The van der Waals surface area contributed by atoms with Gasteiger partial charge in [-0.1, -0.05) is 18.2 Å². The predicted molar refractivity (Wildman–Crippen MR) is 121 cm³/mol. The van der Waals surface area contributed by atoms with E-state index in [1.54, 1.807) is 45.0 Å². The Morgan fingerprint density at radius 1 is 1.00 bits per heavy atom. The molecule has 0 N–H and O–H groups in total. The third kappa shape index (κ3) is 3.36. The highest BCUT2D eigenvalue weighted by atomic mass is 32.1.